The molecule has 1 fully saturated rings. The molecule has 1 unspecified atom stereocenters. The first-order valence-electron chi connectivity index (χ1n) is 8.06. The third kappa shape index (κ3) is 5.88. The van der Waals surface area contributed by atoms with Crippen molar-refractivity contribution in [2.75, 3.05) is 19.6 Å². The zero-order valence-electron chi connectivity index (χ0n) is 13.3. The summed E-state index contributed by atoms with van der Waals surface area (Å²) < 4.78 is 0. The van der Waals surface area contributed by atoms with Crippen molar-refractivity contribution in [3.8, 4) is 0 Å². The van der Waals surface area contributed by atoms with E-state index in [-0.39, 0.29) is 11.3 Å². The lowest BCUT2D eigenvalue weighted by atomic mass is 9.85. The van der Waals surface area contributed by atoms with Gasteiger partial charge in [-0.2, -0.15) is 0 Å². The van der Waals surface area contributed by atoms with E-state index in [1.165, 1.54) is 12.0 Å². The lowest BCUT2D eigenvalue weighted by Gasteiger charge is -2.25. The summed E-state index contributed by atoms with van der Waals surface area (Å²) >= 11 is 0. The van der Waals surface area contributed by atoms with Gasteiger partial charge in [-0.15, -0.1) is 0 Å². The molecule has 1 amide bonds. The van der Waals surface area contributed by atoms with E-state index in [9.17, 15) is 4.79 Å². The van der Waals surface area contributed by atoms with E-state index in [1.54, 1.807) is 0 Å². The van der Waals surface area contributed by atoms with Crippen LogP contribution in [0.3, 0.4) is 0 Å². The molecule has 0 aliphatic carbocycles. The quantitative estimate of drug-likeness (QED) is 0.810. The summed E-state index contributed by atoms with van der Waals surface area (Å²) in [7, 11) is 0. The van der Waals surface area contributed by atoms with Crippen LogP contribution in [0.1, 0.15) is 38.7 Å². The summed E-state index contributed by atoms with van der Waals surface area (Å²) in [5.74, 6) is 0.885. The van der Waals surface area contributed by atoms with Crippen LogP contribution < -0.4 is 10.6 Å². The predicted octanol–water partition coefficient (Wildman–Crippen LogP) is 2.76. The molecule has 21 heavy (non-hydrogen) atoms. The molecule has 0 bridgehead atoms. The smallest absolute Gasteiger partial charge is 0.220 e. The monoisotopic (exact) mass is 288 g/mol. The van der Waals surface area contributed by atoms with Gasteiger partial charge in [0.1, 0.15) is 0 Å². The molecule has 2 rings (SSSR count). The molecule has 0 aromatic heterocycles. The molecule has 1 heterocycles. The van der Waals surface area contributed by atoms with Crippen molar-refractivity contribution in [2.45, 2.75) is 39.5 Å². The third-order valence-corrected chi connectivity index (χ3v) is 4.23. The second kappa shape index (κ2) is 7.60. The van der Waals surface area contributed by atoms with E-state index in [0.29, 0.717) is 12.3 Å². The van der Waals surface area contributed by atoms with E-state index < -0.39 is 0 Å². The summed E-state index contributed by atoms with van der Waals surface area (Å²) in [6.45, 7) is 7.34. The summed E-state index contributed by atoms with van der Waals surface area (Å²) in [5.41, 5.74) is 1.42. The summed E-state index contributed by atoms with van der Waals surface area (Å²) in [4.78, 5) is 12.0. The van der Waals surface area contributed by atoms with Gasteiger partial charge in [0.2, 0.25) is 5.91 Å². The fourth-order valence-electron chi connectivity index (χ4n) is 2.93. The largest absolute Gasteiger partial charge is 0.356 e. The number of nitrogens with one attached hydrogen (secondary N) is 2. The predicted molar refractivity (Wildman–Crippen MR) is 87.1 cm³/mol. The van der Waals surface area contributed by atoms with E-state index in [2.05, 4.69) is 48.7 Å². The highest BCUT2D eigenvalue weighted by atomic mass is 16.1. The Hall–Kier alpha value is -1.35. The minimum atomic E-state index is 0.0892. The van der Waals surface area contributed by atoms with Crippen molar-refractivity contribution >= 4 is 5.91 Å². The summed E-state index contributed by atoms with van der Waals surface area (Å²) in [6.07, 6.45) is 3.87. The van der Waals surface area contributed by atoms with E-state index in [4.69, 9.17) is 0 Å². The van der Waals surface area contributed by atoms with Gasteiger partial charge in [-0.1, -0.05) is 44.2 Å². The molecule has 2 N–H and O–H groups in total. The van der Waals surface area contributed by atoms with Crippen LogP contribution in [0.4, 0.5) is 0 Å². The molecule has 0 spiro atoms. The molecule has 1 saturated heterocycles. The van der Waals surface area contributed by atoms with E-state index in [0.717, 1.165) is 32.5 Å². The van der Waals surface area contributed by atoms with Gasteiger partial charge in [0, 0.05) is 13.0 Å². The maximum atomic E-state index is 12.0. The van der Waals surface area contributed by atoms with Crippen LogP contribution in [-0.4, -0.2) is 25.5 Å². The van der Waals surface area contributed by atoms with Crippen molar-refractivity contribution in [1.82, 2.24) is 10.6 Å². The van der Waals surface area contributed by atoms with Crippen LogP contribution in [0.2, 0.25) is 0 Å². The molecule has 1 atom stereocenters. The Morgan fingerprint density at radius 2 is 2.10 bits per heavy atom. The first kappa shape index (κ1) is 16.0. The second-order valence-corrected chi connectivity index (χ2v) is 7.00. The lowest BCUT2D eigenvalue weighted by Crippen LogP contribution is -2.35. The maximum Gasteiger partial charge on any atom is 0.220 e. The molecule has 1 aromatic carbocycles. The Kier molecular flexibility index (Phi) is 5.80. The molecule has 1 aliphatic rings. The SMILES string of the molecule is CC(C)(CNC(=O)CCC1CCNC1)Cc1ccccc1. The topological polar surface area (TPSA) is 41.1 Å². The summed E-state index contributed by atoms with van der Waals surface area (Å²) in [6, 6.07) is 10.5. The average molecular weight is 288 g/mol. The van der Waals surface area contributed by atoms with E-state index in [1.807, 2.05) is 6.07 Å². The number of hydrogen-bond donors (Lipinski definition) is 2. The zero-order valence-corrected chi connectivity index (χ0v) is 13.3. The van der Waals surface area contributed by atoms with Crippen molar-refractivity contribution in [3.63, 3.8) is 0 Å². The Balaban J connectivity index is 1.69. The van der Waals surface area contributed by atoms with Gasteiger partial charge in [0.25, 0.3) is 0 Å². The fourth-order valence-corrected chi connectivity index (χ4v) is 2.93. The Labute approximate surface area is 128 Å². The Morgan fingerprint density at radius 1 is 1.33 bits per heavy atom. The third-order valence-electron chi connectivity index (χ3n) is 4.23. The van der Waals surface area contributed by atoms with Crippen molar-refractivity contribution in [1.29, 1.82) is 0 Å². The minimum Gasteiger partial charge on any atom is -0.356 e. The van der Waals surface area contributed by atoms with Crippen LogP contribution in [0, 0.1) is 11.3 Å². The van der Waals surface area contributed by atoms with Crippen molar-refractivity contribution < 1.29 is 4.79 Å². The van der Waals surface area contributed by atoms with Crippen molar-refractivity contribution in [2.24, 2.45) is 11.3 Å². The number of carbonyl (C=O) groups is 1. The van der Waals surface area contributed by atoms with Crippen LogP contribution in [0.5, 0.6) is 0 Å². The number of carbonyl (C=O) groups excluding carboxylic acids is 1. The van der Waals surface area contributed by atoms with Gasteiger partial charge in [0.15, 0.2) is 0 Å². The second-order valence-electron chi connectivity index (χ2n) is 7.00. The normalized spacial score (nSPS) is 18.7. The van der Waals surface area contributed by atoms with Gasteiger partial charge < -0.3 is 10.6 Å². The highest BCUT2D eigenvalue weighted by Gasteiger charge is 2.20. The highest BCUT2D eigenvalue weighted by Crippen LogP contribution is 2.21. The van der Waals surface area contributed by atoms with Gasteiger partial charge >= 0.3 is 0 Å². The van der Waals surface area contributed by atoms with E-state index >= 15 is 0 Å². The van der Waals surface area contributed by atoms with Gasteiger partial charge in [-0.25, -0.2) is 0 Å². The Morgan fingerprint density at radius 3 is 2.76 bits per heavy atom. The molecular weight excluding hydrogens is 260 g/mol. The maximum absolute atomic E-state index is 12.0. The molecule has 1 aliphatic heterocycles. The molecule has 116 valence electrons. The average Bonchev–Trinajstić information content (AvgIpc) is 2.97. The number of hydrogen-bond acceptors (Lipinski definition) is 2. The first-order valence-corrected chi connectivity index (χ1v) is 8.06. The fraction of sp³-hybridized carbons (Fsp3) is 0.611. The minimum absolute atomic E-state index is 0.0892. The molecule has 3 nitrogen and oxygen atoms in total. The van der Waals surface area contributed by atoms with Gasteiger partial charge in [-0.05, 0) is 49.2 Å². The van der Waals surface area contributed by atoms with Crippen molar-refractivity contribution in [3.05, 3.63) is 35.9 Å². The van der Waals surface area contributed by atoms with Crippen LogP contribution in [0.15, 0.2) is 30.3 Å². The zero-order chi connectivity index (χ0) is 15.1. The Bertz CT molecular complexity index is 436. The molecule has 3 heteroatoms. The lowest BCUT2D eigenvalue weighted by molar-refractivity contribution is -0.121. The molecule has 0 radical (unpaired) electrons. The van der Waals surface area contributed by atoms with Crippen LogP contribution >= 0.6 is 0 Å². The van der Waals surface area contributed by atoms with Gasteiger partial charge in [-0.3, -0.25) is 4.79 Å². The van der Waals surface area contributed by atoms with Gasteiger partial charge in [0.05, 0.1) is 0 Å². The molecular formula is C18H28N2O. The highest BCUT2D eigenvalue weighted by molar-refractivity contribution is 5.75. The standard InChI is InChI=1S/C18H28N2O/c1-18(2,12-15-6-4-3-5-7-15)14-20-17(21)9-8-16-10-11-19-13-16/h3-7,16,19H,8-14H2,1-2H3,(H,20,21). The van der Waals surface area contributed by atoms with Crippen LogP contribution in [0.25, 0.3) is 0 Å². The number of rotatable bonds is 7. The summed E-state index contributed by atoms with van der Waals surface area (Å²) in [5, 5.41) is 6.46. The molecule has 0 saturated carbocycles. The van der Waals surface area contributed by atoms with Crippen LogP contribution in [-0.2, 0) is 11.2 Å². The first-order chi connectivity index (χ1) is 10.1. The molecule has 1 aromatic rings. The number of benzene rings is 1. The number of amides is 1.